The molecule has 0 fully saturated rings. The molecule has 0 aliphatic rings. The first-order valence-corrected chi connectivity index (χ1v) is 7.44. The van der Waals surface area contributed by atoms with Crippen molar-refractivity contribution in [1.82, 2.24) is 19.9 Å². The molecule has 0 saturated heterocycles. The van der Waals surface area contributed by atoms with Gasteiger partial charge < -0.3 is 5.32 Å². The van der Waals surface area contributed by atoms with Crippen molar-refractivity contribution in [3.05, 3.63) is 65.6 Å². The molecular formula is C17H20N4. The Balaban J connectivity index is 1.51. The Bertz CT molecular complexity index is 700. The number of hydrogen-bond acceptors (Lipinski definition) is 3. The second kappa shape index (κ2) is 6.50. The monoisotopic (exact) mass is 280 g/mol. The maximum Gasteiger partial charge on any atom is 0.160 e. The van der Waals surface area contributed by atoms with Crippen molar-refractivity contribution in [1.29, 1.82) is 0 Å². The number of rotatable bonds is 6. The zero-order valence-corrected chi connectivity index (χ0v) is 12.3. The SMILES string of the molecule is CCc1ccc(CNCCc2nnc3ccccn23)cc1. The second-order valence-corrected chi connectivity index (χ2v) is 5.14. The van der Waals surface area contributed by atoms with Gasteiger partial charge in [-0.1, -0.05) is 37.3 Å². The molecule has 0 spiro atoms. The molecule has 0 aliphatic heterocycles. The minimum atomic E-state index is 0.873. The van der Waals surface area contributed by atoms with Crippen LogP contribution in [0.4, 0.5) is 0 Å². The summed E-state index contributed by atoms with van der Waals surface area (Å²) in [7, 11) is 0. The Labute approximate surface area is 124 Å². The number of pyridine rings is 1. The van der Waals surface area contributed by atoms with Gasteiger partial charge in [-0.25, -0.2) is 0 Å². The quantitative estimate of drug-likeness (QED) is 0.706. The molecule has 108 valence electrons. The van der Waals surface area contributed by atoms with E-state index in [1.807, 2.05) is 28.8 Å². The molecule has 1 N–H and O–H groups in total. The van der Waals surface area contributed by atoms with Crippen molar-refractivity contribution in [3.63, 3.8) is 0 Å². The fraction of sp³-hybridized carbons (Fsp3) is 0.294. The van der Waals surface area contributed by atoms with Crippen LogP contribution in [-0.2, 0) is 19.4 Å². The van der Waals surface area contributed by atoms with Crippen LogP contribution in [0.15, 0.2) is 48.7 Å². The first-order chi connectivity index (χ1) is 10.4. The third-order valence-corrected chi connectivity index (χ3v) is 3.67. The number of aromatic nitrogens is 3. The van der Waals surface area contributed by atoms with E-state index >= 15 is 0 Å². The number of aryl methyl sites for hydroxylation is 1. The number of fused-ring (bicyclic) bond motifs is 1. The summed E-state index contributed by atoms with van der Waals surface area (Å²) in [5.41, 5.74) is 3.61. The summed E-state index contributed by atoms with van der Waals surface area (Å²) in [5, 5.41) is 11.9. The lowest BCUT2D eigenvalue weighted by Crippen LogP contribution is -2.17. The van der Waals surface area contributed by atoms with Crippen LogP contribution in [0.3, 0.4) is 0 Å². The van der Waals surface area contributed by atoms with Crippen molar-refractivity contribution in [2.45, 2.75) is 26.3 Å². The smallest absolute Gasteiger partial charge is 0.160 e. The van der Waals surface area contributed by atoms with E-state index in [-0.39, 0.29) is 0 Å². The van der Waals surface area contributed by atoms with Crippen LogP contribution in [0.1, 0.15) is 23.9 Å². The van der Waals surface area contributed by atoms with Crippen LogP contribution in [0, 0.1) is 0 Å². The predicted octanol–water partition coefficient (Wildman–Crippen LogP) is 2.62. The predicted molar refractivity (Wildman–Crippen MR) is 84.2 cm³/mol. The molecule has 21 heavy (non-hydrogen) atoms. The Morgan fingerprint density at radius 2 is 1.81 bits per heavy atom. The highest BCUT2D eigenvalue weighted by Gasteiger charge is 2.03. The minimum absolute atomic E-state index is 0.873. The van der Waals surface area contributed by atoms with E-state index in [4.69, 9.17) is 0 Å². The lowest BCUT2D eigenvalue weighted by molar-refractivity contribution is 0.667. The van der Waals surface area contributed by atoms with Crippen molar-refractivity contribution in [2.24, 2.45) is 0 Å². The van der Waals surface area contributed by atoms with Crippen molar-refractivity contribution < 1.29 is 0 Å². The summed E-state index contributed by atoms with van der Waals surface area (Å²) in [6.07, 6.45) is 3.97. The van der Waals surface area contributed by atoms with Gasteiger partial charge in [-0.3, -0.25) is 4.40 Å². The van der Waals surface area contributed by atoms with Crippen LogP contribution in [-0.4, -0.2) is 21.1 Å². The summed E-state index contributed by atoms with van der Waals surface area (Å²) in [4.78, 5) is 0. The van der Waals surface area contributed by atoms with Crippen LogP contribution < -0.4 is 5.32 Å². The fourth-order valence-electron chi connectivity index (χ4n) is 2.39. The Kier molecular flexibility index (Phi) is 4.26. The van der Waals surface area contributed by atoms with Gasteiger partial charge in [0.15, 0.2) is 5.65 Å². The molecule has 0 unspecified atom stereocenters. The third-order valence-electron chi connectivity index (χ3n) is 3.67. The topological polar surface area (TPSA) is 42.2 Å². The molecule has 0 radical (unpaired) electrons. The summed E-state index contributed by atoms with van der Waals surface area (Å²) in [6, 6.07) is 14.7. The standard InChI is InChI=1S/C17H20N4/c1-2-14-6-8-15(9-7-14)13-18-11-10-17-20-19-16-5-3-4-12-21(16)17/h3-9,12,18H,2,10-11,13H2,1H3. The van der Waals surface area contributed by atoms with E-state index in [1.54, 1.807) is 0 Å². The maximum absolute atomic E-state index is 4.24. The zero-order valence-electron chi connectivity index (χ0n) is 12.3. The highest BCUT2D eigenvalue weighted by Crippen LogP contribution is 2.05. The van der Waals surface area contributed by atoms with Gasteiger partial charge in [0.2, 0.25) is 0 Å². The van der Waals surface area contributed by atoms with Crippen molar-refractivity contribution in [2.75, 3.05) is 6.54 Å². The van der Waals surface area contributed by atoms with Crippen LogP contribution >= 0.6 is 0 Å². The third kappa shape index (κ3) is 3.28. The minimum Gasteiger partial charge on any atom is -0.312 e. The Hall–Kier alpha value is -2.20. The van der Waals surface area contributed by atoms with Gasteiger partial charge in [-0.2, -0.15) is 0 Å². The highest BCUT2D eigenvalue weighted by atomic mass is 15.2. The normalized spacial score (nSPS) is 11.1. The lowest BCUT2D eigenvalue weighted by Gasteiger charge is -2.05. The Morgan fingerprint density at radius 1 is 1.00 bits per heavy atom. The second-order valence-electron chi connectivity index (χ2n) is 5.14. The summed E-state index contributed by atoms with van der Waals surface area (Å²) >= 11 is 0. The van der Waals surface area contributed by atoms with E-state index in [0.29, 0.717) is 0 Å². The average Bonchev–Trinajstić information content (AvgIpc) is 2.95. The van der Waals surface area contributed by atoms with Crippen LogP contribution in [0.2, 0.25) is 0 Å². The summed E-state index contributed by atoms with van der Waals surface area (Å²) in [5.74, 6) is 0.999. The van der Waals surface area contributed by atoms with E-state index < -0.39 is 0 Å². The first kappa shape index (κ1) is 13.8. The molecule has 0 bridgehead atoms. The average molecular weight is 280 g/mol. The molecule has 4 nitrogen and oxygen atoms in total. The first-order valence-electron chi connectivity index (χ1n) is 7.44. The molecular weight excluding hydrogens is 260 g/mol. The van der Waals surface area contributed by atoms with Gasteiger partial charge >= 0.3 is 0 Å². The van der Waals surface area contributed by atoms with E-state index in [2.05, 4.69) is 46.7 Å². The number of benzene rings is 1. The highest BCUT2D eigenvalue weighted by molar-refractivity contribution is 5.37. The van der Waals surface area contributed by atoms with E-state index in [9.17, 15) is 0 Å². The largest absolute Gasteiger partial charge is 0.312 e. The van der Waals surface area contributed by atoms with Crippen molar-refractivity contribution >= 4 is 5.65 Å². The molecule has 4 heteroatoms. The molecule has 0 atom stereocenters. The molecule has 0 amide bonds. The van der Waals surface area contributed by atoms with Crippen LogP contribution in [0.25, 0.3) is 5.65 Å². The molecule has 0 aliphatic carbocycles. The van der Waals surface area contributed by atoms with E-state index in [1.165, 1.54) is 11.1 Å². The molecule has 2 aromatic heterocycles. The van der Waals surface area contributed by atoms with Gasteiger partial charge in [0, 0.05) is 25.7 Å². The fourth-order valence-corrected chi connectivity index (χ4v) is 2.39. The molecule has 0 saturated carbocycles. The number of hydrogen-bond donors (Lipinski definition) is 1. The lowest BCUT2D eigenvalue weighted by atomic mass is 10.1. The molecule has 3 rings (SSSR count). The van der Waals surface area contributed by atoms with Crippen molar-refractivity contribution in [3.8, 4) is 0 Å². The molecule has 1 aromatic carbocycles. The summed E-state index contributed by atoms with van der Waals surface area (Å²) < 4.78 is 2.04. The van der Waals surface area contributed by atoms with E-state index in [0.717, 1.165) is 37.4 Å². The van der Waals surface area contributed by atoms with Gasteiger partial charge in [0.25, 0.3) is 0 Å². The maximum atomic E-state index is 4.24. The van der Waals surface area contributed by atoms with Gasteiger partial charge in [-0.15, -0.1) is 10.2 Å². The van der Waals surface area contributed by atoms with Gasteiger partial charge in [0.05, 0.1) is 0 Å². The summed E-state index contributed by atoms with van der Waals surface area (Å²) in [6.45, 7) is 3.96. The van der Waals surface area contributed by atoms with Gasteiger partial charge in [-0.05, 0) is 29.7 Å². The number of nitrogens with one attached hydrogen (secondary N) is 1. The molecule has 3 aromatic rings. The molecule has 2 heterocycles. The van der Waals surface area contributed by atoms with Crippen LogP contribution in [0.5, 0.6) is 0 Å². The van der Waals surface area contributed by atoms with Gasteiger partial charge in [0.1, 0.15) is 5.82 Å². The zero-order chi connectivity index (χ0) is 14.5. The Morgan fingerprint density at radius 3 is 2.62 bits per heavy atom. The number of nitrogens with zero attached hydrogens (tertiary/aromatic N) is 3.